The van der Waals surface area contributed by atoms with Crippen LogP contribution >= 0.6 is 11.8 Å². The molecule has 0 bridgehead atoms. The predicted octanol–water partition coefficient (Wildman–Crippen LogP) is 3.14. The van der Waals surface area contributed by atoms with Crippen LogP contribution in [-0.2, 0) is 4.79 Å². The second-order valence-corrected chi connectivity index (χ2v) is 5.48. The van der Waals surface area contributed by atoms with Crippen LogP contribution in [0.3, 0.4) is 0 Å². The van der Waals surface area contributed by atoms with E-state index in [4.69, 9.17) is 5.11 Å². The third-order valence-corrected chi connectivity index (χ3v) is 3.79. The molecule has 1 atom stereocenters. The Balaban J connectivity index is 3.57. The van der Waals surface area contributed by atoms with Crippen molar-refractivity contribution in [1.29, 1.82) is 0 Å². The van der Waals surface area contributed by atoms with E-state index in [1.807, 2.05) is 0 Å². The summed E-state index contributed by atoms with van der Waals surface area (Å²) in [6, 6.07) is -0.376. The van der Waals surface area contributed by atoms with Crippen LogP contribution in [0.2, 0.25) is 0 Å². The van der Waals surface area contributed by atoms with Crippen LogP contribution in [-0.4, -0.2) is 35.2 Å². The second-order valence-electron chi connectivity index (χ2n) is 4.33. The van der Waals surface area contributed by atoms with Crippen molar-refractivity contribution in [3.63, 3.8) is 0 Å². The van der Waals surface area contributed by atoms with Gasteiger partial charge in [-0.05, 0) is 25.1 Å². The molecule has 0 rings (SSSR count). The number of carboxylic acid groups (broad SMARTS) is 1. The number of nitrogens with one attached hydrogen (secondary N) is 1. The highest BCUT2D eigenvalue weighted by Gasteiger charge is 2.15. The van der Waals surface area contributed by atoms with E-state index in [1.165, 1.54) is 32.1 Å². The molecule has 1 unspecified atom stereocenters. The molecule has 0 aliphatic heterocycles. The average Bonchev–Trinajstić information content (AvgIpc) is 2.31. The molecule has 0 spiro atoms. The topological polar surface area (TPSA) is 49.3 Å². The zero-order valence-corrected chi connectivity index (χ0v) is 12.0. The highest BCUT2D eigenvalue weighted by Crippen LogP contribution is 2.08. The summed E-state index contributed by atoms with van der Waals surface area (Å²) in [5, 5.41) is 12.2. The third kappa shape index (κ3) is 10.6. The van der Waals surface area contributed by atoms with E-state index < -0.39 is 5.97 Å². The van der Waals surface area contributed by atoms with Gasteiger partial charge in [-0.25, -0.2) is 0 Å². The zero-order valence-electron chi connectivity index (χ0n) is 11.2. The Labute approximate surface area is 110 Å². The molecule has 0 aliphatic carbocycles. The molecule has 0 heterocycles. The quantitative estimate of drug-likeness (QED) is 0.530. The van der Waals surface area contributed by atoms with Gasteiger partial charge >= 0.3 is 5.97 Å². The lowest BCUT2D eigenvalue weighted by Crippen LogP contribution is -2.39. The van der Waals surface area contributed by atoms with Gasteiger partial charge < -0.3 is 10.4 Å². The molecule has 3 nitrogen and oxygen atoms in total. The summed E-state index contributed by atoms with van der Waals surface area (Å²) in [7, 11) is 0. The van der Waals surface area contributed by atoms with Crippen LogP contribution in [0.1, 0.15) is 52.4 Å². The van der Waals surface area contributed by atoms with Gasteiger partial charge in [0.15, 0.2) is 0 Å². The van der Waals surface area contributed by atoms with Gasteiger partial charge in [-0.15, -0.1) is 0 Å². The van der Waals surface area contributed by atoms with Crippen molar-refractivity contribution in [2.75, 3.05) is 18.1 Å². The fourth-order valence-corrected chi connectivity index (χ4v) is 2.60. The van der Waals surface area contributed by atoms with Gasteiger partial charge in [-0.2, -0.15) is 11.8 Å². The maximum Gasteiger partial charge on any atom is 0.321 e. The number of rotatable bonds is 12. The molecule has 0 amide bonds. The van der Waals surface area contributed by atoms with Gasteiger partial charge in [0.05, 0.1) is 0 Å². The van der Waals surface area contributed by atoms with Crippen LogP contribution in [0, 0.1) is 0 Å². The van der Waals surface area contributed by atoms with Crippen molar-refractivity contribution < 1.29 is 9.90 Å². The number of unbranched alkanes of at least 4 members (excludes halogenated alkanes) is 4. The van der Waals surface area contributed by atoms with Crippen molar-refractivity contribution in [3.8, 4) is 0 Å². The summed E-state index contributed by atoms with van der Waals surface area (Å²) in [4.78, 5) is 11.0. The first-order chi connectivity index (χ1) is 8.22. The van der Waals surface area contributed by atoms with Crippen LogP contribution < -0.4 is 5.32 Å². The summed E-state index contributed by atoms with van der Waals surface area (Å²) >= 11 is 1.75. The van der Waals surface area contributed by atoms with Gasteiger partial charge in [0, 0.05) is 5.75 Å². The minimum Gasteiger partial charge on any atom is -0.480 e. The molecule has 0 fully saturated rings. The molecule has 2 N–H and O–H groups in total. The summed E-state index contributed by atoms with van der Waals surface area (Å²) < 4.78 is 0. The Morgan fingerprint density at radius 3 is 2.41 bits per heavy atom. The molecule has 0 radical (unpaired) electrons. The van der Waals surface area contributed by atoms with Gasteiger partial charge in [-0.1, -0.05) is 39.5 Å². The molecular weight excluding hydrogens is 234 g/mol. The number of hydrogen-bond donors (Lipinski definition) is 2. The number of aliphatic carboxylic acids is 1. The first kappa shape index (κ1) is 16.8. The molecule has 0 saturated heterocycles. The highest BCUT2D eigenvalue weighted by atomic mass is 32.2. The molecule has 0 aromatic rings. The minimum absolute atomic E-state index is 0.376. The number of hydrogen-bond acceptors (Lipinski definition) is 3. The molecule has 0 aromatic heterocycles. The van der Waals surface area contributed by atoms with E-state index in [1.54, 1.807) is 11.8 Å². The number of thioether (sulfide) groups is 1. The predicted molar refractivity (Wildman–Crippen MR) is 75.8 cm³/mol. The van der Waals surface area contributed by atoms with Crippen molar-refractivity contribution >= 4 is 17.7 Å². The van der Waals surface area contributed by atoms with Gasteiger partial charge in [0.1, 0.15) is 6.04 Å². The fraction of sp³-hybridized carbons (Fsp3) is 0.923. The average molecular weight is 261 g/mol. The SMILES string of the molecule is CCCCCNC(CSCCCCC)C(=O)O. The van der Waals surface area contributed by atoms with E-state index >= 15 is 0 Å². The normalized spacial score (nSPS) is 12.6. The lowest BCUT2D eigenvalue weighted by molar-refractivity contribution is -0.138. The minimum atomic E-state index is -0.718. The van der Waals surface area contributed by atoms with Crippen molar-refractivity contribution in [1.82, 2.24) is 5.32 Å². The van der Waals surface area contributed by atoms with Crippen LogP contribution in [0.25, 0.3) is 0 Å². The largest absolute Gasteiger partial charge is 0.480 e. The fourth-order valence-electron chi connectivity index (χ4n) is 1.52. The molecule has 0 saturated carbocycles. The van der Waals surface area contributed by atoms with Gasteiger partial charge in [0.2, 0.25) is 0 Å². The Hall–Kier alpha value is -0.220. The van der Waals surface area contributed by atoms with E-state index in [9.17, 15) is 4.79 Å². The monoisotopic (exact) mass is 261 g/mol. The Kier molecular flexibility index (Phi) is 12.1. The Morgan fingerprint density at radius 1 is 1.18 bits per heavy atom. The zero-order chi connectivity index (χ0) is 12.9. The molecule has 4 heteroatoms. The summed E-state index contributed by atoms with van der Waals surface area (Å²) in [6.07, 6.45) is 7.07. The first-order valence-electron chi connectivity index (χ1n) is 6.76. The van der Waals surface area contributed by atoms with Crippen molar-refractivity contribution in [3.05, 3.63) is 0 Å². The van der Waals surface area contributed by atoms with Crippen LogP contribution in [0.4, 0.5) is 0 Å². The summed E-state index contributed by atoms with van der Waals surface area (Å²) in [5.74, 6) is 1.05. The van der Waals surface area contributed by atoms with Gasteiger partial charge in [0.25, 0.3) is 0 Å². The van der Waals surface area contributed by atoms with E-state index in [-0.39, 0.29) is 6.04 Å². The molecule has 0 aromatic carbocycles. The van der Waals surface area contributed by atoms with E-state index in [2.05, 4.69) is 19.2 Å². The van der Waals surface area contributed by atoms with Crippen LogP contribution in [0.15, 0.2) is 0 Å². The maximum atomic E-state index is 11.0. The Morgan fingerprint density at radius 2 is 1.82 bits per heavy atom. The first-order valence-corrected chi connectivity index (χ1v) is 7.91. The lowest BCUT2D eigenvalue weighted by atomic mass is 10.2. The lowest BCUT2D eigenvalue weighted by Gasteiger charge is -2.13. The molecular formula is C13H27NO2S. The maximum absolute atomic E-state index is 11.0. The van der Waals surface area contributed by atoms with Crippen molar-refractivity contribution in [2.24, 2.45) is 0 Å². The molecule has 17 heavy (non-hydrogen) atoms. The number of carbonyl (C=O) groups is 1. The highest BCUT2D eigenvalue weighted by molar-refractivity contribution is 7.99. The molecule has 0 aliphatic rings. The standard InChI is InChI=1S/C13H27NO2S/c1-3-5-7-9-14-12(13(15)16)11-17-10-8-6-4-2/h12,14H,3-11H2,1-2H3,(H,15,16). The Bertz CT molecular complexity index is 188. The molecule has 102 valence electrons. The van der Waals surface area contributed by atoms with E-state index in [0.29, 0.717) is 5.75 Å². The summed E-state index contributed by atoms with van der Waals surface area (Å²) in [5.41, 5.74) is 0. The van der Waals surface area contributed by atoms with Crippen molar-refractivity contribution in [2.45, 2.75) is 58.4 Å². The van der Waals surface area contributed by atoms with Crippen LogP contribution in [0.5, 0.6) is 0 Å². The number of carboxylic acids is 1. The summed E-state index contributed by atoms with van der Waals surface area (Å²) in [6.45, 7) is 5.15. The third-order valence-electron chi connectivity index (χ3n) is 2.65. The van der Waals surface area contributed by atoms with Gasteiger partial charge in [-0.3, -0.25) is 4.79 Å². The second kappa shape index (κ2) is 12.2. The smallest absolute Gasteiger partial charge is 0.321 e. The van der Waals surface area contributed by atoms with E-state index in [0.717, 1.165) is 18.7 Å².